The molecule has 5 heteroatoms. The normalized spacial score (nSPS) is 42.4. The van der Waals surface area contributed by atoms with Crippen molar-refractivity contribution in [3.8, 4) is 0 Å². The Balaban J connectivity index is 1.62. The number of halogens is 1. The number of allylic oxidation sites excluding steroid dienone is 2. The van der Waals surface area contributed by atoms with Crippen molar-refractivity contribution >= 4 is 34.3 Å². The Hall–Kier alpha value is -0.590. The predicted octanol–water partition coefficient (Wildman–Crippen LogP) is 4.53. The Morgan fingerprint density at radius 1 is 1.14 bits per heavy atom. The monoisotopic (exact) mass is 498 g/mol. The van der Waals surface area contributed by atoms with Crippen LogP contribution in [0.1, 0.15) is 66.2 Å². The van der Waals surface area contributed by atoms with Crippen molar-refractivity contribution in [2.75, 3.05) is 19.6 Å². The van der Waals surface area contributed by atoms with E-state index in [1.54, 1.807) is 0 Å². The first kappa shape index (κ1) is 20.7. The molecule has 6 atom stereocenters. The van der Waals surface area contributed by atoms with Gasteiger partial charge in [-0.15, -0.1) is 0 Å². The van der Waals surface area contributed by atoms with Gasteiger partial charge in [-0.1, -0.05) is 13.8 Å². The Morgan fingerprint density at radius 3 is 2.54 bits per heavy atom. The van der Waals surface area contributed by atoms with Crippen LogP contribution in [0.2, 0.25) is 0 Å². The zero-order chi connectivity index (χ0) is 20.3. The van der Waals surface area contributed by atoms with Crippen molar-refractivity contribution in [3.63, 3.8) is 0 Å². The topological polar surface area (TPSA) is 49.4 Å². The third-order valence-electron chi connectivity index (χ3n) is 9.05. The van der Waals surface area contributed by atoms with Gasteiger partial charge in [-0.3, -0.25) is 9.59 Å². The molecule has 3 unspecified atom stereocenters. The molecule has 1 N–H and O–H groups in total. The van der Waals surface area contributed by atoms with E-state index in [9.17, 15) is 9.59 Å². The average Bonchev–Trinajstić information content (AvgIpc) is 3.03. The first-order valence-electron chi connectivity index (χ1n) is 11.2. The van der Waals surface area contributed by atoms with Crippen LogP contribution < -0.4 is 5.32 Å². The van der Waals surface area contributed by atoms with Crippen LogP contribution in [0, 0.1) is 34.5 Å². The number of Topliss-reactive ketones (excluding diaryl/α,β-unsaturated/α-hetero) is 1. The number of fused-ring (bicyclic) bond motifs is 5. The van der Waals surface area contributed by atoms with E-state index in [2.05, 4.69) is 55.6 Å². The maximum absolute atomic E-state index is 13.3. The molecule has 0 aromatic rings. The summed E-state index contributed by atoms with van der Waals surface area (Å²) in [5.74, 6) is 2.78. The van der Waals surface area contributed by atoms with Gasteiger partial charge in [0, 0.05) is 43.1 Å². The van der Waals surface area contributed by atoms with E-state index in [1.807, 2.05) is 4.90 Å². The second kappa shape index (κ2) is 7.28. The van der Waals surface area contributed by atoms with E-state index in [4.69, 9.17) is 0 Å². The SMILES string of the molecule is CCN(CC)C(=O)[C@H]1CCC2C3CNC4=C(I)C(=O)CC[C@]4(C)C3CC[C@@]21C. The van der Waals surface area contributed by atoms with Gasteiger partial charge in [0.15, 0.2) is 5.78 Å². The van der Waals surface area contributed by atoms with Crippen LogP contribution in [-0.2, 0) is 9.59 Å². The number of rotatable bonds is 3. The lowest BCUT2D eigenvalue weighted by molar-refractivity contribution is -0.142. The van der Waals surface area contributed by atoms with Gasteiger partial charge >= 0.3 is 0 Å². The van der Waals surface area contributed by atoms with E-state index in [0.29, 0.717) is 35.9 Å². The van der Waals surface area contributed by atoms with Crippen LogP contribution in [0.4, 0.5) is 0 Å². The molecule has 1 aliphatic heterocycles. The molecule has 0 aromatic heterocycles. The molecule has 4 rings (SSSR count). The van der Waals surface area contributed by atoms with Crippen molar-refractivity contribution in [1.82, 2.24) is 10.2 Å². The van der Waals surface area contributed by atoms with Crippen LogP contribution in [-0.4, -0.2) is 36.2 Å². The lowest BCUT2D eigenvalue weighted by Crippen LogP contribution is -2.57. The number of ketones is 1. The molecule has 0 spiro atoms. The summed E-state index contributed by atoms with van der Waals surface area (Å²) in [6.07, 6.45) is 6.25. The van der Waals surface area contributed by atoms with E-state index in [0.717, 1.165) is 42.5 Å². The lowest BCUT2D eigenvalue weighted by atomic mass is 9.50. The minimum absolute atomic E-state index is 0.107. The van der Waals surface area contributed by atoms with Crippen LogP contribution in [0.25, 0.3) is 0 Å². The van der Waals surface area contributed by atoms with Crippen molar-refractivity contribution in [3.05, 3.63) is 9.28 Å². The number of carbonyl (C=O) groups excluding carboxylic acids is 2. The number of amides is 1. The van der Waals surface area contributed by atoms with Crippen molar-refractivity contribution in [2.24, 2.45) is 34.5 Å². The smallest absolute Gasteiger partial charge is 0.226 e. The zero-order valence-corrected chi connectivity index (χ0v) is 20.0. The summed E-state index contributed by atoms with van der Waals surface area (Å²) in [5.41, 5.74) is 1.47. The largest absolute Gasteiger partial charge is 0.387 e. The zero-order valence-electron chi connectivity index (χ0n) is 17.8. The van der Waals surface area contributed by atoms with Gasteiger partial charge < -0.3 is 10.2 Å². The number of piperidine rings is 1. The highest BCUT2D eigenvalue weighted by molar-refractivity contribution is 14.1. The number of nitrogens with one attached hydrogen (secondary N) is 1. The van der Waals surface area contributed by atoms with Crippen molar-refractivity contribution in [1.29, 1.82) is 0 Å². The van der Waals surface area contributed by atoms with E-state index in [-0.39, 0.29) is 16.7 Å². The molecule has 28 heavy (non-hydrogen) atoms. The second-order valence-corrected chi connectivity index (χ2v) is 11.1. The molecule has 1 amide bonds. The van der Waals surface area contributed by atoms with Crippen LogP contribution in [0.5, 0.6) is 0 Å². The van der Waals surface area contributed by atoms with Gasteiger partial charge in [0.05, 0.1) is 3.58 Å². The lowest BCUT2D eigenvalue weighted by Gasteiger charge is -2.58. The van der Waals surface area contributed by atoms with E-state index in [1.165, 1.54) is 18.5 Å². The fraction of sp³-hybridized carbons (Fsp3) is 0.826. The molecule has 4 aliphatic rings. The van der Waals surface area contributed by atoms with Crippen molar-refractivity contribution in [2.45, 2.75) is 66.2 Å². The van der Waals surface area contributed by atoms with Gasteiger partial charge in [-0.05, 0) is 91.7 Å². The highest BCUT2D eigenvalue weighted by Crippen LogP contribution is 2.64. The molecular weight excluding hydrogens is 463 g/mol. The molecule has 2 saturated carbocycles. The molecule has 0 radical (unpaired) electrons. The Labute approximate surface area is 183 Å². The first-order valence-corrected chi connectivity index (χ1v) is 12.3. The molecule has 0 bridgehead atoms. The van der Waals surface area contributed by atoms with Crippen molar-refractivity contribution < 1.29 is 9.59 Å². The quantitative estimate of drug-likeness (QED) is 0.582. The van der Waals surface area contributed by atoms with Crippen LogP contribution >= 0.6 is 22.6 Å². The minimum Gasteiger partial charge on any atom is -0.387 e. The summed E-state index contributed by atoms with van der Waals surface area (Å²) in [4.78, 5) is 27.6. The van der Waals surface area contributed by atoms with E-state index < -0.39 is 0 Å². The third kappa shape index (κ3) is 2.81. The molecule has 3 aliphatic carbocycles. The fourth-order valence-corrected chi connectivity index (χ4v) is 8.47. The number of carbonyl (C=O) groups is 2. The van der Waals surface area contributed by atoms with E-state index >= 15 is 0 Å². The Kier molecular flexibility index (Phi) is 5.37. The number of hydrogen-bond donors (Lipinski definition) is 1. The first-order chi connectivity index (χ1) is 13.3. The molecule has 1 heterocycles. The predicted molar refractivity (Wildman–Crippen MR) is 120 cm³/mol. The standard InChI is InChI=1S/C23H35IN2O2/c1-5-26(6-2)21(28)17-8-7-15-14-13-25-20-19(24)18(27)10-12-23(20,4)16(14)9-11-22(15,17)3/h14-17,25H,5-13H2,1-4H3/t14?,15?,16?,17-,22+,23-/m1/s1. The van der Waals surface area contributed by atoms with Gasteiger partial charge in [-0.25, -0.2) is 0 Å². The molecule has 3 fully saturated rings. The van der Waals surface area contributed by atoms with Gasteiger partial charge in [-0.2, -0.15) is 0 Å². The molecule has 0 aromatic carbocycles. The summed E-state index contributed by atoms with van der Waals surface area (Å²) < 4.78 is 0.944. The van der Waals surface area contributed by atoms with Crippen LogP contribution in [0.15, 0.2) is 9.28 Å². The number of nitrogens with zero attached hydrogens (tertiary/aromatic N) is 1. The molecular formula is C23H35IN2O2. The van der Waals surface area contributed by atoms with Gasteiger partial charge in [0.2, 0.25) is 5.91 Å². The maximum atomic E-state index is 13.3. The van der Waals surface area contributed by atoms with Crippen LogP contribution in [0.3, 0.4) is 0 Å². The van der Waals surface area contributed by atoms with Gasteiger partial charge in [0.25, 0.3) is 0 Å². The Morgan fingerprint density at radius 2 is 1.86 bits per heavy atom. The molecule has 1 saturated heterocycles. The average molecular weight is 498 g/mol. The minimum atomic E-state index is 0.107. The number of hydrogen-bond acceptors (Lipinski definition) is 3. The Bertz CT molecular complexity index is 715. The van der Waals surface area contributed by atoms with Gasteiger partial charge in [0.1, 0.15) is 0 Å². The summed E-state index contributed by atoms with van der Waals surface area (Å²) in [6, 6.07) is 0. The summed E-state index contributed by atoms with van der Waals surface area (Å²) in [6.45, 7) is 11.6. The highest BCUT2D eigenvalue weighted by atomic mass is 127. The second-order valence-electron chi connectivity index (χ2n) is 9.97. The molecule has 4 nitrogen and oxygen atoms in total. The maximum Gasteiger partial charge on any atom is 0.226 e. The highest BCUT2D eigenvalue weighted by Gasteiger charge is 2.61. The molecule has 156 valence electrons. The summed E-state index contributed by atoms with van der Waals surface area (Å²) in [5, 5.41) is 3.72. The summed E-state index contributed by atoms with van der Waals surface area (Å²) >= 11 is 2.27. The summed E-state index contributed by atoms with van der Waals surface area (Å²) in [7, 11) is 0. The third-order valence-corrected chi connectivity index (χ3v) is 10.2. The fourth-order valence-electron chi connectivity index (χ4n) is 7.39.